The van der Waals surface area contributed by atoms with Gasteiger partial charge in [-0.15, -0.1) is 11.6 Å². The van der Waals surface area contributed by atoms with Crippen molar-refractivity contribution in [2.24, 2.45) is 5.92 Å². The van der Waals surface area contributed by atoms with Gasteiger partial charge in [0.2, 0.25) is 0 Å². The molecule has 1 aromatic rings. The molecule has 0 N–H and O–H groups in total. The van der Waals surface area contributed by atoms with Crippen LogP contribution in [0.25, 0.3) is 0 Å². The van der Waals surface area contributed by atoms with Gasteiger partial charge in [-0.05, 0) is 18.9 Å². The lowest BCUT2D eigenvalue weighted by atomic mass is 9.94. The summed E-state index contributed by atoms with van der Waals surface area (Å²) in [6.45, 7) is 2.62. The number of benzene rings is 1. The fourth-order valence-electron chi connectivity index (χ4n) is 2.40. The number of hydrogen-bond acceptors (Lipinski definition) is 1. The minimum Gasteiger partial charge on any atom is -0.333 e. The SMILES string of the molecule is C[C@@H](c1ccccc1)N1CCC(CCl)C(Cl)(Cl)C1=O. The van der Waals surface area contributed by atoms with Crippen LogP contribution in [-0.2, 0) is 4.79 Å². The van der Waals surface area contributed by atoms with Gasteiger partial charge in [0.05, 0.1) is 6.04 Å². The molecule has 0 saturated carbocycles. The first kappa shape index (κ1) is 15.0. The van der Waals surface area contributed by atoms with Gasteiger partial charge >= 0.3 is 0 Å². The van der Waals surface area contributed by atoms with Crippen LogP contribution in [0, 0.1) is 5.92 Å². The molecule has 1 fully saturated rings. The Kier molecular flexibility index (Phi) is 4.65. The lowest BCUT2D eigenvalue weighted by Crippen LogP contribution is -2.53. The van der Waals surface area contributed by atoms with Crippen LogP contribution in [0.2, 0.25) is 0 Å². The molecule has 1 unspecified atom stereocenters. The number of nitrogens with zero attached hydrogens (tertiary/aromatic N) is 1. The smallest absolute Gasteiger partial charge is 0.259 e. The Morgan fingerprint density at radius 2 is 2.00 bits per heavy atom. The first-order valence-corrected chi connectivity index (χ1v) is 7.57. The lowest BCUT2D eigenvalue weighted by molar-refractivity contribution is -0.138. The van der Waals surface area contributed by atoms with Crippen molar-refractivity contribution in [3.63, 3.8) is 0 Å². The minimum absolute atomic E-state index is 0.0400. The maximum atomic E-state index is 12.4. The quantitative estimate of drug-likeness (QED) is 0.771. The van der Waals surface area contributed by atoms with E-state index in [0.29, 0.717) is 12.4 Å². The number of alkyl halides is 3. The number of likely N-dealkylation sites (tertiary alicyclic amines) is 1. The monoisotopic (exact) mass is 319 g/mol. The van der Waals surface area contributed by atoms with Gasteiger partial charge in [-0.25, -0.2) is 0 Å². The highest BCUT2D eigenvalue weighted by Gasteiger charge is 2.48. The predicted octanol–water partition coefficient (Wildman–Crippen LogP) is 4.01. The van der Waals surface area contributed by atoms with Crippen molar-refractivity contribution in [2.45, 2.75) is 23.7 Å². The Labute approximate surface area is 128 Å². The van der Waals surface area contributed by atoms with E-state index in [2.05, 4.69) is 0 Å². The lowest BCUT2D eigenvalue weighted by Gasteiger charge is -2.42. The molecule has 5 heteroatoms. The Bertz CT molecular complexity index is 449. The van der Waals surface area contributed by atoms with Crippen LogP contribution in [0.5, 0.6) is 0 Å². The van der Waals surface area contributed by atoms with Gasteiger partial charge < -0.3 is 4.90 Å². The van der Waals surface area contributed by atoms with Crippen LogP contribution in [0.15, 0.2) is 30.3 Å². The molecule has 1 amide bonds. The van der Waals surface area contributed by atoms with Crippen molar-refractivity contribution in [3.05, 3.63) is 35.9 Å². The van der Waals surface area contributed by atoms with Crippen LogP contribution in [0.4, 0.5) is 0 Å². The van der Waals surface area contributed by atoms with E-state index in [1.165, 1.54) is 0 Å². The second-order valence-corrected chi connectivity index (χ2v) is 6.54. The van der Waals surface area contributed by atoms with Crippen LogP contribution in [0.3, 0.4) is 0 Å². The Morgan fingerprint density at radius 1 is 1.37 bits per heavy atom. The molecule has 0 spiro atoms. The van der Waals surface area contributed by atoms with Crippen molar-refractivity contribution in [1.29, 1.82) is 0 Å². The standard InChI is InChI=1S/C14H16Cl3NO/c1-10(11-5-3-2-4-6-11)18-8-7-12(9-15)14(16,17)13(18)19/h2-6,10,12H,7-9H2,1H3/t10-,12?/m0/s1. The summed E-state index contributed by atoms with van der Waals surface area (Å²) >= 11 is 18.2. The van der Waals surface area contributed by atoms with Gasteiger partial charge in [0, 0.05) is 18.3 Å². The molecule has 2 atom stereocenters. The number of rotatable bonds is 3. The van der Waals surface area contributed by atoms with Crippen LogP contribution in [-0.4, -0.2) is 27.6 Å². The number of carbonyl (C=O) groups excluding carboxylic acids is 1. The molecule has 104 valence electrons. The number of hydrogen-bond donors (Lipinski definition) is 0. The van der Waals surface area contributed by atoms with Gasteiger partial charge in [-0.3, -0.25) is 4.79 Å². The van der Waals surface area contributed by atoms with Crippen molar-refractivity contribution in [3.8, 4) is 0 Å². The summed E-state index contributed by atoms with van der Waals surface area (Å²) in [5, 5.41) is 0. The highest BCUT2D eigenvalue weighted by molar-refractivity contribution is 6.58. The molecule has 0 aromatic heterocycles. The fourth-order valence-corrected chi connectivity index (χ4v) is 3.53. The molecule has 1 aliphatic rings. The second-order valence-electron chi connectivity index (χ2n) is 4.85. The Morgan fingerprint density at radius 3 is 2.58 bits per heavy atom. The van der Waals surface area contributed by atoms with E-state index in [0.717, 1.165) is 12.0 Å². The third-order valence-electron chi connectivity index (χ3n) is 3.71. The minimum atomic E-state index is -1.41. The fraction of sp³-hybridized carbons (Fsp3) is 0.500. The summed E-state index contributed by atoms with van der Waals surface area (Å²) in [4.78, 5) is 14.2. The molecular formula is C14H16Cl3NO. The summed E-state index contributed by atoms with van der Waals surface area (Å²) < 4.78 is -1.41. The molecule has 1 aliphatic heterocycles. The van der Waals surface area contributed by atoms with Crippen LogP contribution < -0.4 is 0 Å². The Balaban J connectivity index is 2.21. The topological polar surface area (TPSA) is 20.3 Å². The number of piperidine rings is 1. The molecule has 2 nitrogen and oxygen atoms in total. The molecule has 2 rings (SSSR count). The molecule has 0 radical (unpaired) electrons. The normalized spacial score (nSPS) is 24.3. The van der Waals surface area contributed by atoms with Crippen LogP contribution >= 0.6 is 34.8 Å². The highest BCUT2D eigenvalue weighted by Crippen LogP contribution is 2.41. The summed E-state index contributed by atoms with van der Waals surface area (Å²) in [6, 6.07) is 9.81. The predicted molar refractivity (Wildman–Crippen MR) is 79.8 cm³/mol. The zero-order valence-corrected chi connectivity index (χ0v) is 12.9. The van der Waals surface area contributed by atoms with Crippen molar-refractivity contribution >= 4 is 40.7 Å². The zero-order chi connectivity index (χ0) is 14.0. The number of halogens is 3. The molecule has 1 saturated heterocycles. The van der Waals surface area contributed by atoms with E-state index in [4.69, 9.17) is 34.8 Å². The summed E-state index contributed by atoms with van der Waals surface area (Å²) in [5.41, 5.74) is 1.07. The summed E-state index contributed by atoms with van der Waals surface area (Å²) in [7, 11) is 0. The van der Waals surface area contributed by atoms with Gasteiger partial charge in [0.25, 0.3) is 5.91 Å². The Hall–Kier alpha value is -0.440. The maximum absolute atomic E-state index is 12.4. The van der Waals surface area contributed by atoms with Crippen LogP contribution in [0.1, 0.15) is 24.9 Å². The third kappa shape index (κ3) is 2.86. The van der Waals surface area contributed by atoms with Gasteiger partial charge in [0.15, 0.2) is 4.33 Å². The first-order chi connectivity index (χ1) is 8.98. The first-order valence-electron chi connectivity index (χ1n) is 6.28. The van der Waals surface area contributed by atoms with Gasteiger partial charge in [0.1, 0.15) is 0 Å². The molecule has 1 heterocycles. The molecule has 0 aliphatic carbocycles. The van der Waals surface area contributed by atoms with E-state index in [-0.39, 0.29) is 17.9 Å². The van der Waals surface area contributed by atoms with E-state index >= 15 is 0 Å². The van der Waals surface area contributed by atoms with E-state index in [1.807, 2.05) is 37.3 Å². The van der Waals surface area contributed by atoms with E-state index in [9.17, 15) is 4.79 Å². The van der Waals surface area contributed by atoms with Crippen molar-refractivity contribution < 1.29 is 4.79 Å². The molecule has 0 bridgehead atoms. The second kappa shape index (κ2) is 5.90. The van der Waals surface area contributed by atoms with Crippen molar-refractivity contribution in [1.82, 2.24) is 4.90 Å². The molecule has 1 aromatic carbocycles. The van der Waals surface area contributed by atoms with E-state index < -0.39 is 4.33 Å². The highest BCUT2D eigenvalue weighted by atomic mass is 35.5. The number of carbonyl (C=O) groups is 1. The van der Waals surface area contributed by atoms with Gasteiger partial charge in [-0.2, -0.15) is 0 Å². The number of amides is 1. The third-order valence-corrected chi connectivity index (χ3v) is 5.03. The largest absolute Gasteiger partial charge is 0.333 e. The summed E-state index contributed by atoms with van der Waals surface area (Å²) in [6.07, 6.45) is 0.722. The average Bonchev–Trinajstić information content (AvgIpc) is 2.42. The van der Waals surface area contributed by atoms with E-state index in [1.54, 1.807) is 4.90 Å². The van der Waals surface area contributed by atoms with Gasteiger partial charge in [-0.1, -0.05) is 53.5 Å². The average molecular weight is 321 g/mol. The maximum Gasteiger partial charge on any atom is 0.259 e. The van der Waals surface area contributed by atoms with Crippen molar-refractivity contribution in [2.75, 3.05) is 12.4 Å². The molecule has 19 heavy (non-hydrogen) atoms. The zero-order valence-electron chi connectivity index (χ0n) is 10.7. The summed E-state index contributed by atoms with van der Waals surface area (Å²) in [5.74, 6) is -0.139. The molecular weight excluding hydrogens is 305 g/mol.